The number of thioether (sulfide) groups is 1. The van der Waals surface area contributed by atoms with Crippen LogP contribution >= 0.6 is 35.0 Å². The third-order valence-corrected chi connectivity index (χ3v) is 6.60. The highest BCUT2D eigenvalue weighted by atomic mass is 35.5. The lowest BCUT2D eigenvalue weighted by Gasteiger charge is -2.31. The largest absolute Gasteiger partial charge is 0.354 e. The molecule has 4 nitrogen and oxygen atoms in total. The number of benzene rings is 2. The van der Waals surface area contributed by atoms with Crippen LogP contribution in [0.5, 0.6) is 0 Å². The maximum absolute atomic E-state index is 13.3. The molecule has 2 aromatic rings. The van der Waals surface area contributed by atoms with Gasteiger partial charge in [0.25, 0.3) is 0 Å². The van der Waals surface area contributed by atoms with Crippen LogP contribution in [0.25, 0.3) is 0 Å². The summed E-state index contributed by atoms with van der Waals surface area (Å²) in [5.41, 5.74) is 3.09. The number of hydrogen-bond donors (Lipinski definition) is 1. The van der Waals surface area contributed by atoms with Crippen molar-refractivity contribution in [3.63, 3.8) is 0 Å². The van der Waals surface area contributed by atoms with Gasteiger partial charge in [0.2, 0.25) is 11.8 Å². The van der Waals surface area contributed by atoms with Crippen LogP contribution in [-0.2, 0) is 21.9 Å². The minimum Gasteiger partial charge on any atom is -0.354 e. The second-order valence-corrected chi connectivity index (χ2v) is 10.1. The van der Waals surface area contributed by atoms with E-state index in [1.54, 1.807) is 17.0 Å². The van der Waals surface area contributed by atoms with Crippen molar-refractivity contribution in [3.8, 4) is 0 Å². The molecule has 0 aliphatic heterocycles. The number of carbonyl (C=O) groups excluding carboxylic acids is 2. The summed E-state index contributed by atoms with van der Waals surface area (Å²) in [5.74, 6) is 1.03. The Balaban J connectivity index is 2.12. The molecule has 0 heterocycles. The van der Waals surface area contributed by atoms with Gasteiger partial charge in [-0.1, -0.05) is 79.9 Å². The van der Waals surface area contributed by atoms with E-state index < -0.39 is 6.04 Å². The summed E-state index contributed by atoms with van der Waals surface area (Å²) < 4.78 is 0. The highest BCUT2D eigenvalue weighted by Gasteiger charge is 2.28. The normalized spacial score (nSPS) is 12.0. The molecule has 1 N–H and O–H groups in total. The van der Waals surface area contributed by atoms with E-state index in [-0.39, 0.29) is 17.6 Å². The van der Waals surface area contributed by atoms with E-state index >= 15 is 0 Å². The number of hydrogen-bond acceptors (Lipinski definition) is 3. The Morgan fingerprint density at radius 1 is 1.09 bits per heavy atom. The first-order valence-corrected chi connectivity index (χ1v) is 12.8. The van der Waals surface area contributed by atoms with Gasteiger partial charge in [-0.2, -0.15) is 0 Å². The lowest BCUT2D eigenvalue weighted by molar-refractivity contribution is -0.139. The highest BCUT2D eigenvalue weighted by Crippen LogP contribution is 2.25. The van der Waals surface area contributed by atoms with Crippen LogP contribution in [0.3, 0.4) is 0 Å². The minimum atomic E-state index is -0.512. The van der Waals surface area contributed by atoms with Gasteiger partial charge in [0, 0.05) is 28.9 Å². The van der Waals surface area contributed by atoms with Gasteiger partial charge in [-0.3, -0.25) is 9.59 Å². The summed E-state index contributed by atoms with van der Waals surface area (Å²) in [5, 5.41) is 4.17. The molecule has 7 heteroatoms. The Morgan fingerprint density at radius 2 is 1.78 bits per heavy atom. The fourth-order valence-electron chi connectivity index (χ4n) is 3.20. The molecule has 2 aromatic carbocycles. The van der Waals surface area contributed by atoms with Crippen molar-refractivity contribution in [2.24, 2.45) is 5.92 Å². The zero-order valence-corrected chi connectivity index (χ0v) is 21.5. The maximum atomic E-state index is 13.3. The van der Waals surface area contributed by atoms with E-state index in [4.69, 9.17) is 23.2 Å². The fraction of sp³-hybridized carbons (Fsp3) is 0.440. The van der Waals surface area contributed by atoms with E-state index in [9.17, 15) is 9.59 Å². The molecule has 0 radical (unpaired) electrons. The van der Waals surface area contributed by atoms with Crippen LogP contribution in [0, 0.1) is 12.8 Å². The molecule has 2 amide bonds. The minimum absolute atomic E-state index is 0.0628. The molecule has 174 valence electrons. The third-order valence-electron chi connectivity index (χ3n) is 5.04. The van der Waals surface area contributed by atoms with Gasteiger partial charge in [-0.05, 0) is 42.5 Å². The molecule has 0 saturated heterocycles. The maximum Gasteiger partial charge on any atom is 0.242 e. The summed E-state index contributed by atoms with van der Waals surface area (Å²) >= 11 is 13.7. The smallest absolute Gasteiger partial charge is 0.242 e. The van der Waals surface area contributed by atoms with Gasteiger partial charge in [-0.25, -0.2) is 0 Å². The van der Waals surface area contributed by atoms with Crippen molar-refractivity contribution in [2.75, 3.05) is 12.3 Å². The van der Waals surface area contributed by atoms with Crippen LogP contribution in [0.4, 0.5) is 0 Å². The number of aryl methyl sites for hydroxylation is 1. The van der Waals surface area contributed by atoms with Crippen molar-refractivity contribution >= 4 is 46.8 Å². The molecule has 0 fully saturated rings. The molecule has 1 atom stereocenters. The van der Waals surface area contributed by atoms with Gasteiger partial charge in [0.15, 0.2) is 0 Å². The van der Waals surface area contributed by atoms with E-state index in [0.29, 0.717) is 41.2 Å². The standard InChI is InChI=1S/C25H32Cl2N2O2S/c1-5-23(25(31)28-13-17(2)3)29(14-19-8-6-18(4)7-9-19)24(30)16-32-15-20-10-11-21(26)12-22(20)27/h6-12,17,23H,5,13-16H2,1-4H3,(H,28,31). The highest BCUT2D eigenvalue weighted by molar-refractivity contribution is 7.99. The van der Waals surface area contributed by atoms with Gasteiger partial charge >= 0.3 is 0 Å². The zero-order chi connectivity index (χ0) is 23.7. The molecule has 0 aromatic heterocycles. The Kier molecular flexibility index (Phi) is 10.9. The van der Waals surface area contributed by atoms with Gasteiger partial charge in [0.05, 0.1) is 5.75 Å². The predicted molar refractivity (Wildman–Crippen MR) is 136 cm³/mol. The second-order valence-electron chi connectivity index (χ2n) is 8.30. The van der Waals surface area contributed by atoms with Crippen LogP contribution in [0.15, 0.2) is 42.5 Å². The number of nitrogens with zero attached hydrogens (tertiary/aromatic N) is 1. The average molecular weight is 496 g/mol. The van der Waals surface area contributed by atoms with Gasteiger partial charge < -0.3 is 10.2 Å². The van der Waals surface area contributed by atoms with E-state index in [1.165, 1.54) is 11.8 Å². The Morgan fingerprint density at radius 3 is 2.38 bits per heavy atom. The van der Waals surface area contributed by atoms with Crippen LogP contribution < -0.4 is 5.32 Å². The van der Waals surface area contributed by atoms with E-state index in [2.05, 4.69) is 19.2 Å². The first-order valence-electron chi connectivity index (χ1n) is 10.9. The number of nitrogens with one attached hydrogen (secondary N) is 1. The molecule has 32 heavy (non-hydrogen) atoms. The monoisotopic (exact) mass is 494 g/mol. The molecule has 0 aliphatic rings. The number of rotatable bonds is 11. The molecular weight excluding hydrogens is 463 g/mol. The van der Waals surface area contributed by atoms with E-state index in [0.717, 1.165) is 16.7 Å². The summed E-state index contributed by atoms with van der Waals surface area (Å²) in [6.45, 7) is 9.06. The number of amides is 2. The second kappa shape index (κ2) is 13.1. The zero-order valence-electron chi connectivity index (χ0n) is 19.2. The lowest BCUT2D eigenvalue weighted by Crippen LogP contribution is -2.50. The summed E-state index contributed by atoms with van der Waals surface area (Å²) in [7, 11) is 0. The Hall–Kier alpha value is -1.69. The topological polar surface area (TPSA) is 49.4 Å². The number of halogens is 2. The van der Waals surface area contributed by atoms with E-state index in [1.807, 2.05) is 44.2 Å². The van der Waals surface area contributed by atoms with Crippen molar-refractivity contribution in [1.29, 1.82) is 0 Å². The first kappa shape index (κ1) is 26.6. The first-order chi connectivity index (χ1) is 15.2. The van der Waals surface area contributed by atoms with Crippen LogP contribution in [0.2, 0.25) is 10.0 Å². The molecule has 2 rings (SSSR count). The molecular formula is C25H32Cl2N2O2S. The molecule has 1 unspecified atom stereocenters. The summed E-state index contributed by atoms with van der Waals surface area (Å²) in [4.78, 5) is 27.9. The Bertz CT molecular complexity index is 903. The van der Waals surface area contributed by atoms with Gasteiger partial charge in [0.1, 0.15) is 6.04 Å². The molecule has 0 saturated carbocycles. The summed E-state index contributed by atoms with van der Waals surface area (Å²) in [6, 6.07) is 12.9. The van der Waals surface area contributed by atoms with Crippen molar-refractivity contribution in [2.45, 2.75) is 52.5 Å². The van der Waals surface area contributed by atoms with Crippen molar-refractivity contribution in [3.05, 3.63) is 69.2 Å². The Labute approximate surface area is 206 Å². The fourth-order valence-corrected chi connectivity index (χ4v) is 4.67. The molecule has 0 bridgehead atoms. The summed E-state index contributed by atoms with van der Waals surface area (Å²) in [6.07, 6.45) is 0.551. The van der Waals surface area contributed by atoms with Crippen LogP contribution in [0.1, 0.15) is 43.9 Å². The molecule has 0 spiro atoms. The number of carbonyl (C=O) groups is 2. The third kappa shape index (κ3) is 8.34. The quantitative estimate of drug-likeness (QED) is 0.409. The SMILES string of the molecule is CCC(C(=O)NCC(C)C)N(Cc1ccc(C)cc1)C(=O)CSCc1ccc(Cl)cc1Cl. The van der Waals surface area contributed by atoms with Crippen LogP contribution in [-0.4, -0.2) is 35.1 Å². The average Bonchev–Trinajstić information content (AvgIpc) is 2.74. The van der Waals surface area contributed by atoms with Crippen molar-refractivity contribution < 1.29 is 9.59 Å². The lowest BCUT2D eigenvalue weighted by atomic mass is 10.1. The predicted octanol–water partition coefficient (Wildman–Crippen LogP) is 6.11. The molecule has 0 aliphatic carbocycles. The van der Waals surface area contributed by atoms with Crippen molar-refractivity contribution in [1.82, 2.24) is 10.2 Å². The van der Waals surface area contributed by atoms with Gasteiger partial charge in [-0.15, -0.1) is 11.8 Å².